The van der Waals surface area contributed by atoms with Crippen LogP contribution in [0.1, 0.15) is 16.2 Å². The molecule has 2 aromatic heterocycles. The van der Waals surface area contributed by atoms with Crippen molar-refractivity contribution in [3.63, 3.8) is 0 Å². The van der Waals surface area contributed by atoms with Crippen LogP contribution in [0.3, 0.4) is 0 Å². The van der Waals surface area contributed by atoms with Gasteiger partial charge in [-0.2, -0.15) is 5.26 Å². The summed E-state index contributed by atoms with van der Waals surface area (Å²) >= 11 is 0. The fourth-order valence-corrected chi connectivity index (χ4v) is 1.22. The van der Waals surface area contributed by atoms with Crippen molar-refractivity contribution in [2.75, 3.05) is 5.32 Å². The van der Waals surface area contributed by atoms with Gasteiger partial charge >= 0.3 is 0 Å². The molecule has 5 heteroatoms. The van der Waals surface area contributed by atoms with Crippen LogP contribution in [0.2, 0.25) is 0 Å². The lowest BCUT2D eigenvalue weighted by Gasteiger charge is -2.01. The van der Waals surface area contributed by atoms with Crippen LogP contribution in [-0.2, 0) is 0 Å². The molecule has 0 unspecified atom stereocenters. The quantitative estimate of drug-likeness (QED) is 0.792. The molecule has 0 aliphatic rings. The summed E-state index contributed by atoms with van der Waals surface area (Å²) in [5.41, 5.74) is 0.438. The summed E-state index contributed by atoms with van der Waals surface area (Å²) in [6.07, 6.45) is 1.70. The monoisotopic (exact) mass is 212 g/mol. The maximum Gasteiger partial charge on any atom is 0.275 e. The summed E-state index contributed by atoms with van der Waals surface area (Å²) < 4.78 is 0. The summed E-state index contributed by atoms with van der Waals surface area (Å²) in [5.74, 6) is 0.244. The average molecular weight is 212 g/mol. The van der Waals surface area contributed by atoms with Crippen LogP contribution in [0.25, 0.3) is 0 Å². The van der Waals surface area contributed by atoms with Crippen LogP contribution < -0.4 is 5.32 Å². The van der Waals surface area contributed by atoms with Gasteiger partial charge in [0.25, 0.3) is 5.91 Å². The first-order chi connectivity index (χ1) is 7.79. The number of aromatic nitrogens is 2. The van der Waals surface area contributed by atoms with Gasteiger partial charge in [0.1, 0.15) is 23.3 Å². The predicted molar refractivity (Wildman–Crippen MR) is 57.7 cm³/mol. The summed E-state index contributed by atoms with van der Waals surface area (Å²) in [4.78, 5) is 18.4. The molecule has 78 valence electrons. The molecule has 2 aromatic rings. The van der Waals surface area contributed by atoms with Crippen molar-refractivity contribution in [1.29, 1.82) is 5.26 Å². The van der Waals surface area contributed by atoms with Crippen LogP contribution in [-0.4, -0.2) is 15.9 Å². The van der Waals surface area contributed by atoms with Gasteiger partial charge in [-0.3, -0.25) is 4.79 Å². The molecule has 0 aliphatic heterocycles. The Kier molecular flexibility index (Phi) is 2.65. The Morgan fingerprint density at radius 1 is 1.38 bits per heavy atom. The van der Waals surface area contributed by atoms with E-state index in [4.69, 9.17) is 5.26 Å². The number of H-pyrrole nitrogens is 1. The second-order valence-corrected chi connectivity index (χ2v) is 3.06. The van der Waals surface area contributed by atoms with Crippen molar-refractivity contribution in [2.45, 2.75) is 0 Å². The van der Waals surface area contributed by atoms with Gasteiger partial charge in [-0.1, -0.05) is 6.07 Å². The predicted octanol–water partition coefficient (Wildman–Crippen LogP) is 1.53. The summed E-state index contributed by atoms with van der Waals surface area (Å²) in [5, 5.41) is 11.3. The van der Waals surface area contributed by atoms with E-state index in [2.05, 4.69) is 15.3 Å². The van der Waals surface area contributed by atoms with Gasteiger partial charge < -0.3 is 10.3 Å². The molecule has 16 heavy (non-hydrogen) atoms. The number of nitriles is 1. The minimum Gasteiger partial charge on any atom is -0.348 e. The van der Waals surface area contributed by atoms with Crippen LogP contribution in [0.15, 0.2) is 36.5 Å². The van der Waals surface area contributed by atoms with Crippen molar-refractivity contribution in [3.05, 3.63) is 47.9 Å². The Morgan fingerprint density at radius 2 is 2.25 bits per heavy atom. The Bertz CT molecular complexity index is 539. The number of amides is 1. The highest BCUT2D eigenvalue weighted by molar-refractivity contribution is 6.02. The largest absolute Gasteiger partial charge is 0.348 e. The minimum absolute atomic E-state index is 0.216. The van der Waals surface area contributed by atoms with Gasteiger partial charge in [0, 0.05) is 6.20 Å². The first-order valence-electron chi connectivity index (χ1n) is 4.61. The molecule has 0 aromatic carbocycles. The van der Waals surface area contributed by atoms with Crippen LogP contribution in [0, 0.1) is 11.3 Å². The first-order valence-corrected chi connectivity index (χ1v) is 4.61. The zero-order valence-corrected chi connectivity index (χ0v) is 8.27. The zero-order chi connectivity index (χ0) is 11.4. The highest BCUT2D eigenvalue weighted by Crippen LogP contribution is 2.05. The fourth-order valence-electron chi connectivity index (χ4n) is 1.22. The highest BCUT2D eigenvalue weighted by atomic mass is 16.1. The molecule has 0 aliphatic carbocycles. The minimum atomic E-state index is -0.348. The first kappa shape index (κ1) is 9.93. The van der Waals surface area contributed by atoms with E-state index in [0.29, 0.717) is 5.82 Å². The second kappa shape index (κ2) is 4.28. The number of nitrogens with one attached hydrogen (secondary N) is 2. The molecule has 0 spiro atoms. The molecule has 5 nitrogen and oxygen atoms in total. The maximum atomic E-state index is 11.7. The molecule has 2 heterocycles. The van der Waals surface area contributed by atoms with Gasteiger partial charge in [-0.25, -0.2) is 4.98 Å². The van der Waals surface area contributed by atoms with E-state index < -0.39 is 0 Å². The third kappa shape index (κ3) is 2.07. The zero-order valence-electron chi connectivity index (χ0n) is 8.27. The summed E-state index contributed by atoms with van der Waals surface area (Å²) in [7, 11) is 0. The van der Waals surface area contributed by atoms with Crippen LogP contribution in [0.5, 0.6) is 0 Å². The lowest BCUT2D eigenvalue weighted by atomic mass is 10.3. The molecule has 2 rings (SSSR count). The molecular weight excluding hydrogens is 204 g/mol. The van der Waals surface area contributed by atoms with Gasteiger partial charge in [0.15, 0.2) is 0 Å². The van der Waals surface area contributed by atoms with Crippen LogP contribution >= 0.6 is 0 Å². The normalized spacial score (nSPS) is 9.44. The van der Waals surface area contributed by atoms with Gasteiger partial charge in [-0.15, -0.1) is 0 Å². The molecule has 0 saturated carbocycles. The van der Waals surface area contributed by atoms with Gasteiger partial charge in [-0.05, 0) is 24.3 Å². The smallest absolute Gasteiger partial charge is 0.275 e. The number of hydrogen-bond acceptors (Lipinski definition) is 3. The van der Waals surface area contributed by atoms with E-state index >= 15 is 0 Å². The van der Waals surface area contributed by atoms with Gasteiger partial charge in [0.2, 0.25) is 0 Å². The molecule has 0 bridgehead atoms. The van der Waals surface area contributed by atoms with Gasteiger partial charge in [0.05, 0.1) is 0 Å². The van der Waals surface area contributed by atoms with Crippen molar-refractivity contribution >= 4 is 11.7 Å². The highest BCUT2D eigenvalue weighted by Gasteiger charge is 2.08. The lowest BCUT2D eigenvalue weighted by Crippen LogP contribution is -2.14. The standard InChI is InChI=1S/C11H8N4O/c12-7-8-3-1-4-9(14-8)11(16)15-10-5-2-6-13-10/h1-6,13H,(H,15,16). The Morgan fingerprint density at radius 3 is 2.94 bits per heavy atom. The SMILES string of the molecule is N#Cc1cccc(C(=O)Nc2ccc[nH]2)n1. The van der Waals surface area contributed by atoms with Crippen molar-refractivity contribution in [2.24, 2.45) is 0 Å². The number of pyridine rings is 1. The molecule has 0 radical (unpaired) electrons. The van der Waals surface area contributed by atoms with E-state index in [9.17, 15) is 4.79 Å². The van der Waals surface area contributed by atoms with E-state index in [1.165, 1.54) is 0 Å². The molecule has 0 fully saturated rings. The van der Waals surface area contributed by atoms with Crippen molar-refractivity contribution in [1.82, 2.24) is 9.97 Å². The lowest BCUT2D eigenvalue weighted by molar-refractivity contribution is 0.102. The van der Waals surface area contributed by atoms with E-state index in [1.807, 2.05) is 6.07 Å². The molecule has 0 saturated heterocycles. The van der Waals surface area contributed by atoms with E-state index in [-0.39, 0.29) is 17.3 Å². The molecule has 1 amide bonds. The fraction of sp³-hybridized carbons (Fsp3) is 0. The van der Waals surface area contributed by atoms with Crippen LogP contribution in [0.4, 0.5) is 5.82 Å². The number of carbonyl (C=O) groups is 1. The topological polar surface area (TPSA) is 81.6 Å². The van der Waals surface area contributed by atoms with E-state index in [0.717, 1.165) is 0 Å². The summed E-state index contributed by atoms with van der Waals surface area (Å²) in [6.45, 7) is 0. The Labute approximate surface area is 91.8 Å². The van der Waals surface area contributed by atoms with E-state index in [1.54, 1.807) is 36.5 Å². The maximum absolute atomic E-state index is 11.7. The number of nitrogens with zero attached hydrogens (tertiary/aromatic N) is 2. The number of aromatic amines is 1. The summed E-state index contributed by atoms with van der Waals surface area (Å²) in [6, 6.07) is 10.1. The molecule has 2 N–H and O–H groups in total. The molecular formula is C11H8N4O. The Balaban J connectivity index is 2.18. The number of hydrogen-bond donors (Lipinski definition) is 2. The Hall–Kier alpha value is -2.61. The third-order valence-corrected chi connectivity index (χ3v) is 1.94. The third-order valence-electron chi connectivity index (χ3n) is 1.94. The van der Waals surface area contributed by atoms with Crippen molar-refractivity contribution in [3.8, 4) is 6.07 Å². The number of carbonyl (C=O) groups excluding carboxylic acids is 1. The second-order valence-electron chi connectivity index (χ2n) is 3.06. The number of rotatable bonds is 2. The average Bonchev–Trinajstić information content (AvgIpc) is 2.82. The molecule has 0 atom stereocenters. The number of anilines is 1. The van der Waals surface area contributed by atoms with Crippen molar-refractivity contribution < 1.29 is 4.79 Å².